The highest BCUT2D eigenvalue weighted by Gasteiger charge is 2.42. The average Bonchev–Trinajstić information content (AvgIpc) is 3.12. The van der Waals surface area contributed by atoms with Crippen LogP contribution in [0, 0.1) is 5.41 Å². The number of rotatable bonds is 2. The Morgan fingerprint density at radius 2 is 2.45 bits per heavy atom. The van der Waals surface area contributed by atoms with Crippen molar-refractivity contribution in [3.63, 3.8) is 0 Å². The van der Waals surface area contributed by atoms with Gasteiger partial charge in [0, 0.05) is 38.4 Å². The molecule has 1 atom stereocenters. The van der Waals surface area contributed by atoms with Gasteiger partial charge in [-0.25, -0.2) is 0 Å². The molecule has 1 aromatic rings. The van der Waals surface area contributed by atoms with Crippen LogP contribution >= 0.6 is 0 Å². The van der Waals surface area contributed by atoms with Gasteiger partial charge in [0.1, 0.15) is 0 Å². The van der Waals surface area contributed by atoms with Gasteiger partial charge in [0.05, 0.1) is 18.8 Å². The average molecular weight is 274 g/mol. The Hall–Kier alpha value is -1.62. The van der Waals surface area contributed by atoms with Crippen LogP contribution in [0.4, 0.5) is 0 Å². The molecule has 1 N–H and O–H groups in total. The molecule has 0 aliphatic carbocycles. The zero-order valence-electron chi connectivity index (χ0n) is 12.0. The maximum absolute atomic E-state index is 5.58. The number of aromatic nitrogens is 1. The van der Waals surface area contributed by atoms with Crippen molar-refractivity contribution < 1.29 is 4.74 Å². The second-order valence-electron chi connectivity index (χ2n) is 5.70. The number of likely N-dealkylation sites (tertiary alicyclic amines) is 1. The molecule has 1 spiro atoms. The van der Waals surface area contributed by atoms with E-state index >= 15 is 0 Å². The molecule has 20 heavy (non-hydrogen) atoms. The minimum atomic E-state index is 0.364. The number of nitrogens with zero attached hydrogens (tertiary/aromatic N) is 3. The number of ether oxygens (including phenoxy) is 1. The van der Waals surface area contributed by atoms with Gasteiger partial charge in [0.25, 0.3) is 0 Å². The first kappa shape index (κ1) is 13.4. The fraction of sp³-hybridized carbons (Fsp3) is 0.600. The zero-order valence-corrected chi connectivity index (χ0v) is 12.0. The summed E-state index contributed by atoms with van der Waals surface area (Å²) in [5, 5.41) is 3.41. The minimum Gasteiger partial charge on any atom is -0.381 e. The summed E-state index contributed by atoms with van der Waals surface area (Å²) in [4.78, 5) is 11.1. The van der Waals surface area contributed by atoms with E-state index in [1.807, 2.05) is 31.4 Å². The predicted octanol–water partition coefficient (Wildman–Crippen LogP) is 1.27. The first-order valence-electron chi connectivity index (χ1n) is 7.25. The van der Waals surface area contributed by atoms with Crippen LogP contribution in [-0.2, 0) is 11.3 Å². The van der Waals surface area contributed by atoms with Gasteiger partial charge in [-0.15, -0.1) is 0 Å². The standard InChI is InChI=1S/C15H22N4O/c1-16-14(18-10-13-4-2-3-7-17-13)19-8-5-15(11-19)6-9-20-12-15/h2-4,7H,5-6,8-12H2,1H3,(H,16,18). The number of pyridine rings is 1. The molecule has 5 heteroatoms. The molecule has 0 bridgehead atoms. The van der Waals surface area contributed by atoms with E-state index in [9.17, 15) is 0 Å². The summed E-state index contributed by atoms with van der Waals surface area (Å²) in [6.45, 7) is 4.64. The molecule has 0 amide bonds. The maximum Gasteiger partial charge on any atom is 0.193 e. The summed E-state index contributed by atoms with van der Waals surface area (Å²) in [5.41, 5.74) is 1.40. The highest BCUT2D eigenvalue weighted by atomic mass is 16.5. The molecule has 0 aromatic carbocycles. The normalized spacial score (nSPS) is 26.4. The highest BCUT2D eigenvalue weighted by Crippen LogP contribution is 2.38. The van der Waals surface area contributed by atoms with Crippen molar-refractivity contribution in [3.8, 4) is 0 Å². The Morgan fingerprint density at radius 1 is 1.50 bits per heavy atom. The zero-order chi connectivity index (χ0) is 13.8. The van der Waals surface area contributed by atoms with Crippen molar-refractivity contribution in [2.75, 3.05) is 33.4 Å². The Labute approximate surface area is 120 Å². The van der Waals surface area contributed by atoms with Gasteiger partial charge in [-0.05, 0) is 25.0 Å². The molecule has 1 unspecified atom stereocenters. The van der Waals surface area contributed by atoms with Gasteiger partial charge < -0.3 is 15.0 Å². The SMILES string of the molecule is CN=C(NCc1ccccn1)N1CCC2(CCOC2)C1. The van der Waals surface area contributed by atoms with Gasteiger partial charge >= 0.3 is 0 Å². The van der Waals surface area contributed by atoms with Crippen LogP contribution in [0.25, 0.3) is 0 Å². The molecule has 1 aromatic heterocycles. The van der Waals surface area contributed by atoms with Crippen LogP contribution in [0.15, 0.2) is 29.4 Å². The van der Waals surface area contributed by atoms with E-state index in [4.69, 9.17) is 4.74 Å². The maximum atomic E-state index is 5.58. The van der Waals surface area contributed by atoms with Crippen molar-refractivity contribution >= 4 is 5.96 Å². The lowest BCUT2D eigenvalue weighted by Gasteiger charge is -2.24. The highest BCUT2D eigenvalue weighted by molar-refractivity contribution is 5.80. The molecule has 2 saturated heterocycles. The second-order valence-corrected chi connectivity index (χ2v) is 5.70. The van der Waals surface area contributed by atoms with E-state index in [2.05, 4.69) is 20.2 Å². The molecule has 2 aliphatic heterocycles. The first-order valence-corrected chi connectivity index (χ1v) is 7.25. The molecule has 3 heterocycles. The van der Waals surface area contributed by atoms with Crippen LogP contribution in [0.1, 0.15) is 18.5 Å². The third kappa shape index (κ3) is 2.77. The summed E-state index contributed by atoms with van der Waals surface area (Å²) < 4.78 is 5.58. The topological polar surface area (TPSA) is 49.8 Å². The molecule has 0 saturated carbocycles. The smallest absolute Gasteiger partial charge is 0.193 e. The van der Waals surface area contributed by atoms with E-state index in [0.29, 0.717) is 12.0 Å². The Morgan fingerprint density at radius 3 is 3.15 bits per heavy atom. The molecule has 2 aliphatic rings. The summed E-state index contributed by atoms with van der Waals surface area (Å²) in [5.74, 6) is 0.972. The van der Waals surface area contributed by atoms with E-state index in [1.165, 1.54) is 12.8 Å². The van der Waals surface area contributed by atoms with Crippen LogP contribution in [0.3, 0.4) is 0 Å². The molecule has 2 fully saturated rings. The third-order valence-electron chi connectivity index (χ3n) is 4.29. The molecule has 3 rings (SSSR count). The lowest BCUT2D eigenvalue weighted by molar-refractivity contribution is 0.156. The fourth-order valence-corrected chi connectivity index (χ4v) is 3.09. The summed E-state index contributed by atoms with van der Waals surface area (Å²) >= 11 is 0. The van der Waals surface area contributed by atoms with Gasteiger partial charge in [-0.2, -0.15) is 0 Å². The van der Waals surface area contributed by atoms with Gasteiger partial charge in [-0.3, -0.25) is 9.98 Å². The second kappa shape index (κ2) is 5.79. The summed E-state index contributed by atoms with van der Waals surface area (Å²) in [7, 11) is 1.84. The molecule has 108 valence electrons. The molecule has 0 radical (unpaired) electrons. The van der Waals surface area contributed by atoms with Crippen molar-refractivity contribution in [1.29, 1.82) is 0 Å². The lowest BCUT2D eigenvalue weighted by Crippen LogP contribution is -2.41. The van der Waals surface area contributed by atoms with E-state index in [0.717, 1.165) is 38.0 Å². The van der Waals surface area contributed by atoms with Crippen LogP contribution in [0.5, 0.6) is 0 Å². The van der Waals surface area contributed by atoms with Crippen molar-refractivity contribution in [3.05, 3.63) is 30.1 Å². The number of hydrogen-bond donors (Lipinski definition) is 1. The van der Waals surface area contributed by atoms with Crippen molar-refractivity contribution in [1.82, 2.24) is 15.2 Å². The fourth-order valence-electron chi connectivity index (χ4n) is 3.09. The van der Waals surface area contributed by atoms with Crippen LogP contribution in [-0.4, -0.2) is 49.2 Å². The molecular weight excluding hydrogens is 252 g/mol. The van der Waals surface area contributed by atoms with Crippen LogP contribution in [0.2, 0.25) is 0 Å². The van der Waals surface area contributed by atoms with Gasteiger partial charge in [0.15, 0.2) is 5.96 Å². The lowest BCUT2D eigenvalue weighted by atomic mass is 9.87. The van der Waals surface area contributed by atoms with Crippen molar-refractivity contribution in [2.24, 2.45) is 10.4 Å². The van der Waals surface area contributed by atoms with E-state index in [-0.39, 0.29) is 0 Å². The number of hydrogen-bond acceptors (Lipinski definition) is 3. The minimum absolute atomic E-state index is 0.364. The molecular formula is C15H22N4O. The van der Waals surface area contributed by atoms with Gasteiger partial charge in [-0.1, -0.05) is 6.07 Å². The number of guanidine groups is 1. The third-order valence-corrected chi connectivity index (χ3v) is 4.29. The monoisotopic (exact) mass is 274 g/mol. The number of aliphatic imine (C=N–C) groups is 1. The van der Waals surface area contributed by atoms with E-state index in [1.54, 1.807) is 0 Å². The van der Waals surface area contributed by atoms with Crippen molar-refractivity contribution in [2.45, 2.75) is 19.4 Å². The Kier molecular flexibility index (Phi) is 3.87. The Bertz CT molecular complexity index is 468. The largest absolute Gasteiger partial charge is 0.381 e. The predicted molar refractivity (Wildman–Crippen MR) is 78.5 cm³/mol. The summed E-state index contributed by atoms with van der Waals surface area (Å²) in [6, 6.07) is 5.96. The Balaban J connectivity index is 1.58. The quantitative estimate of drug-likeness (QED) is 0.652. The molecule has 5 nitrogen and oxygen atoms in total. The van der Waals surface area contributed by atoms with Crippen LogP contribution < -0.4 is 5.32 Å². The van der Waals surface area contributed by atoms with Gasteiger partial charge in [0.2, 0.25) is 0 Å². The van der Waals surface area contributed by atoms with E-state index < -0.39 is 0 Å². The summed E-state index contributed by atoms with van der Waals surface area (Å²) in [6.07, 6.45) is 4.21. The number of nitrogens with one attached hydrogen (secondary N) is 1. The first-order chi connectivity index (χ1) is 9.81.